The molecule has 1 aromatic rings. The van der Waals surface area contributed by atoms with Gasteiger partial charge in [0, 0.05) is 24.0 Å². The second-order valence-electron chi connectivity index (χ2n) is 3.55. The van der Waals surface area contributed by atoms with Crippen molar-refractivity contribution in [2.45, 2.75) is 33.1 Å². The largest absolute Gasteiger partial charge is 0.370 e. The highest BCUT2D eigenvalue weighted by molar-refractivity contribution is 6.02. The molecule has 2 N–H and O–H groups in total. The number of aromatic nitrogens is 1. The molecule has 0 radical (unpaired) electrons. The quantitative estimate of drug-likeness (QED) is 0.701. The Kier molecular flexibility index (Phi) is 4.81. The molecule has 0 spiro atoms. The van der Waals surface area contributed by atoms with E-state index in [1.54, 1.807) is 6.20 Å². The molecule has 1 rings (SSSR count). The van der Waals surface area contributed by atoms with Gasteiger partial charge in [-0.15, -0.1) is 0 Å². The summed E-state index contributed by atoms with van der Waals surface area (Å²) in [6.07, 6.45) is 4.64. The molecular formula is C12H19N3. The number of anilines is 1. The van der Waals surface area contributed by atoms with E-state index < -0.39 is 0 Å². The van der Waals surface area contributed by atoms with Gasteiger partial charge < -0.3 is 10.7 Å². The number of nitrogens with one attached hydrogen (secondary N) is 2. The number of pyridine rings is 1. The van der Waals surface area contributed by atoms with E-state index in [1.165, 1.54) is 0 Å². The summed E-state index contributed by atoms with van der Waals surface area (Å²) in [6, 6.07) is 3.85. The lowest BCUT2D eigenvalue weighted by molar-refractivity contribution is 0.962. The van der Waals surface area contributed by atoms with Gasteiger partial charge in [0.25, 0.3) is 0 Å². The van der Waals surface area contributed by atoms with Crippen LogP contribution in [0.3, 0.4) is 0 Å². The van der Waals surface area contributed by atoms with Gasteiger partial charge in [0.15, 0.2) is 0 Å². The van der Waals surface area contributed by atoms with E-state index in [0.717, 1.165) is 37.2 Å². The van der Waals surface area contributed by atoms with Crippen LogP contribution >= 0.6 is 0 Å². The van der Waals surface area contributed by atoms with Crippen molar-refractivity contribution in [1.29, 1.82) is 5.41 Å². The van der Waals surface area contributed by atoms with Gasteiger partial charge >= 0.3 is 0 Å². The number of hydrogen-bond acceptors (Lipinski definition) is 3. The average molecular weight is 205 g/mol. The van der Waals surface area contributed by atoms with Crippen molar-refractivity contribution < 1.29 is 0 Å². The van der Waals surface area contributed by atoms with Crippen LogP contribution in [0.5, 0.6) is 0 Å². The zero-order chi connectivity index (χ0) is 11.1. The predicted octanol–water partition coefficient (Wildman–Crippen LogP) is 3.07. The van der Waals surface area contributed by atoms with Gasteiger partial charge in [-0.25, -0.2) is 4.98 Å². The number of rotatable bonds is 6. The molecule has 15 heavy (non-hydrogen) atoms. The average Bonchev–Trinajstić information content (AvgIpc) is 2.27. The van der Waals surface area contributed by atoms with E-state index in [-0.39, 0.29) is 0 Å². The van der Waals surface area contributed by atoms with Gasteiger partial charge in [0.05, 0.1) is 0 Å². The summed E-state index contributed by atoms with van der Waals surface area (Å²) in [4.78, 5) is 4.27. The maximum absolute atomic E-state index is 7.93. The van der Waals surface area contributed by atoms with Crippen LogP contribution in [0.2, 0.25) is 0 Å². The smallest absolute Gasteiger partial charge is 0.135 e. The van der Waals surface area contributed by atoms with Crippen molar-refractivity contribution in [3.8, 4) is 0 Å². The van der Waals surface area contributed by atoms with Crippen LogP contribution in [0.25, 0.3) is 0 Å². The Hall–Kier alpha value is -1.38. The van der Waals surface area contributed by atoms with Crippen LogP contribution in [-0.2, 0) is 0 Å². The van der Waals surface area contributed by atoms with Gasteiger partial charge in [0.1, 0.15) is 5.82 Å². The number of hydrogen-bond donors (Lipinski definition) is 2. The van der Waals surface area contributed by atoms with E-state index in [0.29, 0.717) is 5.71 Å². The molecule has 3 nitrogen and oxygen atoms in total. The zero-order valence-corrected chi connectivity index (χ0v) is 9.51. The molecule has 0 atom stereocenters. The van der Waals surface area contributed by atoms with Gasteiger partial charge in [-0.05, 0) is 25.0 Å². The first-order chi connectivity index (χ1) is 7.29. The molecule has 0 saturated heterocycles. The molecule has 1 aromatic heterocycles. The highest BCUT2D eigenvalue weighted by Crippen LogP contribution is 2.14. The van der Waals surface area contributed by atoms with Crippen LogP contribution < -0.4 is 5.32 Å². The first-order valence-corrected chi connectivity index (χ1v) is 5.56. The topological polar surface area (TPSA) is 48.8 Å². The molecule has 3 heteroatoms. The summed E-state index contributed by atoms with van der Waals surface area (Å²) >= 11 is 0. The molecule has 82 valence electrons. The monoisotopic (exact) mass is 205 g/mol. The standard InChI is InChI=1S/C12H19N3/c1-3-6-11(13)10-7-5-9-15-12(10)14-8-4-2/h5,7,9,13H,3-4,6,8H2,1-2H3,(H,14,15). The maximum Gasteiger partial charge on any atom is 0.135 e. The molecule has 0 unspecified atom stereocenters. The molecule has 0 saturated carbocycles. The Morgan fingerprint density at radius 3 is 2.87 bits per heavy atom. The lowest BCUT2D eigenvalue weighted by Crippen LogP contribution is -2.09. The molecule has 0 aliphatic carbocycles. The molecule has 0 aliphatic heterocycles. The Balaban J connectivity index is 2.80. The Bertz CT molecular complexity index is 320. The van der Waals surface area contributed by atoms with E-state index in [9.17, 15) is 0 Å². The van der Waals surface area contributed by atoms with Crippen molar-refractivity contribution in [2.75, 3.05) is 11.9 Å². The summed E-state index contributed by atoms with van der Waals surface area (Å²) in [5, 5.41) is 11.2. The fourth-order valence-electron chi connectivity index (χ4n) is 1.42. The normalized spacial score (nSPS) is 10.0. The van der Waals surface area contributed by atoms with Crippen LogP contribution in [0.4, 0.5) is 5.82 Å². The fourth-order valence-corrected chi connectivity index (χ4v) is 1.42. The van der Waals surface area contributed by atoms with E-state index in [1.807, 2.05) is 12.1 Å². The lowest BCUT2D eigenvalue weighted by Gasteiger charge is -2.10. The summed E-state index contributed by atoms with van der Waals surface area (Å²) in [5.74, 6) is 0.845. The second kappa shape index (κ2) is 6.17. The first kappa shape index (κ1) is 11.7. The van der Waals surface area contributed by atoms with Gasteiger partial charge in [-0.1, -0.05) is 20.3 Å². The third-order valence-electron chi connectivity index (χ3n) is 2.18. The SMILES string of the molecule is CCCNc1ncccc1C(=N)CCC. The van der Waals surface area contributed by atoms with Crippen molar-refractivity contribution in [2.24, 2.45) is 0 Å². The molecule has 0 amide bonds. The molecule has 1 heterocycles. The van der Waals surface area contributed by atoms with Crippen molar-refractivity contribution in [3.05, 3.63) is 23.9 Å². The van der Waals surface area contributed by atoms with E-state index in [2.05, 4.69) is 24.1 Å². The molecule has 0 bridgehead atoms. The minimum absolute atomic E-state index is 0.671. The molecule has 0 aromatic carbocycles. The number of nitrogens with zero attached hydrogens (tertiary/aromatic N) is 1. The summed E-state index contributed by atoms with van der Waals surface area (Å²) in [5.41, 5.74) is 1.61. The highest BCUT2D eigenvalue weighted by atomic mass is 15.0. The van der Waals surface area contributed by atoms with Crippen molar-refractivity contribution in [1.82, 2.24) is 4.98 Å². The maximum atomic E-state index is 7.93. The van der Waals surface area contributed by atoms with E-state index in [4.69, 9.17) is 5.41 Å². The third kappa shape index (κ3) is 3.35. The minimum Gasteiger partial charge on any atom is -0.370 e. The molecular weight excluding hydrogens is 186 g/mol. The second-order valence-corrected chi connectivity index (χ2v) is 3.55. The van der Waals surface area contributed by atoms with Gasteiger partial charge in [-0.2, -0.15) is 0 Å². The Morgan fingerprint density at radius 1 is 1.40 bits per heavy atom. The minimum atomic E-state index is 0.671. The first-order valence-electron chi connectivity index (χ1n) is 5.56. The van der Waals surface area contributed by atoms with Crippen LogP contribution in [-0.4, -0.2) is 17.2 Å². The van der Waals surface area contributed by atoms with E-state index >= 15 is 0 Å². The fraction of sp³-hybridized carbons (Fsp3) is 0.500. The molecule has 0 fully saturated rings. The van der Waals surface area contributed by atoms with Crippen molar-refractivity contribution >= 4 is 11.5 Å². The highest BCUT2D eigenvalue weighted by Gasteiger charge is 2.06. The summed E-state index contributed by atoms with van der Waals surface area (Å²) in [7, 11) is 0. The molecule has 0 aliphatic rings. The Labute approximate surface area is 91.4 Å². The third-order valence-corrected chi connectivity index (χ3v) is 2.18. The van der Waals surface area contributed by atoms with Gasteiger partial charge in [-0.3, -0.25) is 0 Å². The summed E-state index contributed by atoms with van der Waals surface area (Å²) in [6.45, 7) is 5.11. The Morgan fingerprint density at radius 2 is 2.20 bits per heavy atom. The van der Waals surface area contributed by atoms with Crippen LogP contribution in [0, 0.1) is 5.41 Å². The van der Waals surface area contributed by atoms with Crippen LogP contribution in [0.1, 0.15) is 38.7 Å². The van der Waals surface area contributed by atoms with Gasteiger partial charge in [0.2, 0.25) is 0 Å². The zero-order valence-electron chi connectivity index (χ0n) is 9.51. The van der Waals surface area contributed by atoms with Crippen molar-refractivity contribution in [3.63, 3.8) is 0 Å². The predicted molar refractivity (Wildman–Crippen MR) is 64.8 cm³/mol. The summed E-state index contributed by atoms with van der Waals surface area (Å²) < 4.78 is 0. The lowest BCUT2D eigenvalue weighted by atomic mass is 10.1. The van der Waals surface area contributed by atoms with Crippen LogP contribution in [0.15, 0.2) is 18.3 Å².